The van der Waals surface area contributed by atoms with Crippen molar-refractivity contribution in [1.82, 2.24) is 24.9 Å². The fourth-order valence-corrected chi connectivity index (χ4v) is 4.63. The molecule has 0 atom stereocenters. The number of ether oxygens (including phenoxy) is 2. The minimum atomic E-state index is -0.639. The molecule has 4 heterocycles. The van der Waals surface area contributed by atoms with Gasteiger partial charge in [-0.2, -0.15) is 0 Å². The average Bonchev–Trinajstić information content (AvgIpc) is 3.84. The van der Waals surface area contributed by atoms with Crippen LogP contribution in [0.1, 0.15) is 36.9 Å². The number of benzene rings is 2. The van der Waals surface area contributed by atoms with E-state index in [0.29, 0.717) is 17.3 Å². The Hall–Kier alpha value is -4.89. The molecule has 3 radical (unpaired) electrons. The van der Waals surface area contributed by atoms with Crippen molar-refractivity contribution < 1.29 is 82.0 Å². The van der Waals surface area contributed by atoms with Gasteiger partial charge in [-0.25, -0.2) is 24.3 Å². The molecule has 0 saturated carbocycles. The van der Waals surface area contributed by atoms with Gasteiger partial charge in [-0.3, -0.25) is 29.2 Å². The van der Waals surface area contributed by atoms with Gasteiger partial charge in [0.05, 0.1) is 49.3 Å². The first-order valence-electron chi connectivity index (χ1n) is 16.6. The number of carbonyl (C=O) groups excluding carboxylic acids is 5. The van der Waals surface area contributed by atoms with Crippen LogP contribution in [0.25, 0.3) is 16.7 Å². The van der Waals surface area contributed by atoms with Gasteiger partial charge in [-0.05, 0) is 42.0 Å². The zero-order valence-corrected chi connectivity index (χ0v) is 33.2. The summed E-state index contributed by atoms with van der Waals surface area (Å²) in [5, 5.41) is 12.3. The first-order chi connectivity index (χ1) is 26.0. The molecule has 55 heavy (non-hydrogen) atoms. The number of imidazole rings is 1. The predicted molar refractivity (Wildman–Crippen MR) is 195 cm³/mol. The van der Waals surface area contributed by atoms with Gasteiger partial charge in [-0.15, -0.1) is 0 Å². The molecule has 2 aromatic heterocycles. The Balaban J connectivity index is 0.000000430. The number of hydrogen-bond acceptors (Lipinski definition) is 15. The Morgan fingerprint density at radius 3 is 2.09 bits per heavy atom. The van der Waals surface area contributed by atoms with E-state index in [1.165, 1.54) is 25.3 Å². The smallest absolute Gasteiger partial charge is 0.793 e. The summed E-state index contributed by atoms with van der Waals surface area (Å²) in [4.78, 5) is 68.4. The van der Waals surface area contributed by atoms with E-state index >= 15 is 0 Å². The van der Waals surface area contributed by atoms with E-state index in [0.717, 1.165) is 89.6 Å². The van der Waals surface area contributed by atoms with Crippen LogP contribution in [0.5, 0.6) is 0 Å². The van der Waals surface area contributed by atoms with E-state index in [4.69, 9.17) is 19.0 Å². The van der Waals surface area contributed by atoms with Crippen LogP contribution < -0.4 is 45.5 Å². The average molecular weight is 771 g/mol. The Morgan fingerprint density at radius 2 is 1.56 bits per heavy atom. The molecule has 0 spiro atoms. The third-order valence-electron chi connectivity index (χ3n) is 6.96. The number of aromatic nitrogens is 3. The number of carbonyl (C=O) groups is 5. The first kappa shape index (κ1) is 46.3. The molecule has 287 valence electrons. The number of amides is 2. The van der Waals surface area contributed by atoms with Gasteiger partial charge in [0, 0.05) is 65.2 Å². The third kappa shape index (κ3) is 17.0. The van der Waals surface area contributed by atoms with E-state index in [-0.39, 0.29) is 41.2 Å². The van der Waals surface area contributed by atoms with Gasteiger partial charge >= 0.3 is 41.5 Å². The number of nitrogens with one attached hydrogen (secondary N) is 3. The number of nitrogens with zero attached hydrogens (tertiary/aromatic N) is 4. The molecule has 2 amide bonds. The van der Waals surface area contributed by atoms with E-state index in [1.807, 2.05) is 28.8 Å². The zero-order valence-electron chi connectivity index (χ0n) is 31.2. The third-order valence-corrected chi connectivity index (χ3v) is 6.96. The Kier molecular flexibility index (Phi) is 21.2. The molecule has 2 aliphatic rings. The fraction of sp³-hybridized carbons (Fsp3) is 0.343. The molecule has 0 aliphatic carbocycles. The molecule has 2 saturated heterocycles. The van der Waals surface area contributed by atoms with E-state index < -0.39 is 23.8 Å². The van der Waals surface area contributed by atoms with Crippen molar-refractivity contribution in [2.75, 3.05) is 63.2 Å². The molecule has 0 bridgehead atoms. The van der Waals surface area contributed by atoms with Crippen molar-refractivity contribution in [3.8, 4) is 5.69 Å². The molecule has 6 rings (SSSR count). The quantitative estimate of drug-likeness (QED) is 0.0935. The predicted octanol–water partition coefficient (Wildman–Crippen LogP) is -0.507. The van der Waals surface area contributed by atoms with Crippen LogP contribution in [0, 0.1) is 0 Å². The molecule has 20 heteroatoms. The summed E-state index contributed by atoms with van der Waals surface area (Å²) in [5.41, 5.74) is 3.94. The van der Waals surface area contributed by atoms with Gasteiger partial charge in [0.25, 0.3) is 5.91 Å². The SMILES string of the molecule is C1COCCN1.C=CC(=O)Nc1cccc(-n2c(NC(=O)c3ccno3)nc3cc(CN4CCOCC4)ccc32)c1.CC(=O)OOC(C)=O.[B-]OC(C)=O.[Na+]. The maximum Gasteiger partial charge on any atom is 1.00 e. The van der Waals surface area contributed by atoms with Gasteiger partial charge < -0.3 is 37.3 Å². The van der Waals surface area contributed by atoms with E-state index in [1.54, 1.807) is 12.1 Å². The van der Waals surface area contributed by atoms with Gasteiger partial charge in [0.15, 0.2) is 0 Å². The maximum absolute atomic E-state index is 12.7. The van der Waals surface area contributed by atoms with Crippen molar-refractivity contribution in [2.24, 2.45) is 0 Å². The summed E-state index contributed by atoms with van der Waals surface area (Å²) in [5.74, 6) is -2.14. The second-order valence-corrected chi connectivity index (χ2v) is 11.2. The minimum absolute atomic E-state index is 0. The van der Waals surface area contributed by atoms with Crippen LogP contribution in [-0.2, 0) is 49.6 Å². The Labute approximate surface area is 340 Å². The van der Waals surface area contributed by atoms with E-state index in [2.05, 4.69) is 61.1 Å². The van der Waals surface area contributed by atoms with Crippen molar-refractivity contribution in [1.29, 1.82) is 0 Å². The normalized spacial score (nSPS) is 13.3. The summed E-state index contributed by atoms with van der Waals surface area (Å²) >= 11 is 0. The number of hydrogen-bond donors (Lipinski definition) is 3. The van der Waals surface area contributed by atoms with Crippen LogP contribution in [0.3, 0.4) is 0 Å². The summed E-state index contributed by atoms with van der Waals surface area (Å²) in [6.07, 6.45) is 2.61. The Morgan fingerprint density at radius 1 is 0.909 bits per heavy atom. The van der Waals surface area contributed by atoms with Gasteiger partial charge in [-0.1, -0.05) is 23.9 Å². The topological polar surface area (TPSA) is 215 Å². The molecular weight excluding hydrogens is 728 g/mol. The molecule has 2 fully saturated rings. The van der Waals surface area contributed by atoms with Crippen molar-refractivity contribution >= 4 is 60.4 Å². The van der Waals surface area contributed by atoms with Crippen LogP contribution in [0.2, 0.25) is 0 Å². The molecule has 18 nitrogen and oxygen atoms in total. The minimum Gasteiger partial charge on any atom is -0.793 e. The van der Waals surface area contributed by atoms with Crippen molar-refractivity contribution in [2.45, 2.75) is 27.3 Å². The molecular formula is C35H42BN7NaO11. The largest absolute Gasteiger partial charge is 1.00 e. The van der Waals surface area contributed by atoms with Crippen LogP contribution in [-0.4, -0.2) is 110 Å². The monoisotopic (exact) mass is 770 g/mol. The number of fused-ring (bicyclic) bond motifs is 1. The summed E-state index contributed by atoms with van der Waals surface area (Å²) in [7, 11) is 4.32. The zero-order chi connectivity index (χ0) is 39.3. The van der Waals surface area contributed by atoms with Crippen LogP contribution >= 0.6 is 0 Å². The van der Waals surface area contributed by atoms with Gasteiger partial charge in [0.1, 0.15) is 0 Å². The molecule has 0 unspecified atom stereocenters. The molecule has 3 N–H and O–H groups in total. The summed E-state index contributed by atoms with van der Waals surface area (Å²) in [6.45, 7) is 14.9. The Bertz CT molecular complexity index is 1820. The van der Waals surface area contributed by atoms with Gasteiger partial charge in [0.2, 0.25) is 23.6 Å². The fourth-order valence-electron chi connectivity index (χ4n) is 4.63. The maximum atomic E-state index is 12.7. The summed E-state index contributed by atoms with van der Waals surface area (Å²) < 4.78 is 20.9. The number of morpholine rings is 2. The second kappa shape index (κ2) is 25.2. The molecule has 4 aromatic rings. The number of anilines is 2. The van der Waals surface area contributed by atoms with Crippen LogP contribution in [0.4, 0.5) is 11.6 Å². The van der Waals surface area contributed by atoms with Crippen molar-refractivity contribution in [3.05, 3.63) is 78.7 Å². The molecule has 2 aromatic carbocycles. The molecule has 2 aliphatic heterocycles. The van der Waals surface area contributed by atoms with E-state index in [9.17, 15) is 24.0 Å². The standard InChI is InChI=1S/C25H24N6O4.C4H9NO.C4H6O4.C2H3BO2.Na/c1-2-23(32)27-18-4-3-5-19(15-18)31-21-7-6-17(16-30-10-12-34-13-11-30)14-20(21)28-25(31)29-24(33)22-8-9-26-35-22;1-3-6-4-2-5-1;1-3(5)7-8-4(2)6;1-2(4)5-3;/h2-9,14-15H,1,10-13,16H2,(H,27,32)(H,28,29,33);5H,1-4H2;1-2H3;1H3;/q;;;-1;+1. The van der Waals surface area contributed by atoms with Crippen molar-refractivity contribution in [3.63, 3.8) is 0 Å². The first-order valence-corrected chi connectivity index (χ1v) is 16.6. The van der Waals surface area contributed by atoms with Crippen LogP contribution in [0.15, 0.2) is 71.9 Å². The second-order valence-electron chi connectivity index (χ2n) is 11.2. The summed E-state index contributed by atoms with van der Waals surface area (Å²) in [6, 6.07) is 14.8. The number of rotatable bonds is 7.